The van der Waals surface area contributed by atoms with Gasteiger partial charge in [-0.1, -0.05) is 17.7 Å². The van der Waals surface area contributed by atoms with E-state index in [0.29, 0.717) is 39.9 Å². The fourth-order valence-electron chi connectivity index (χ4n) is 3.90. The lowest BCUT2D eigenvalue weighted by Gasteiger charge is -2.30. The number of ether oxygens (including phenoxy) is 2. The van der Waals surface area contributed by atoms with Crippen molar-refractivity contribution in [2.24, 2.45) is 0 Å². The lowest BCUT2D eigenvalue weighted by molar-refractivity contribution is 0.0984. The highest BCUT2D eigenvalue weighted by Crippen LogP contribution is 2.35. The SMILES string of the molecule is O=C(Nc1ccc2c(c1)OCO2)c1ccc2c(c1)CCCN2C(=O)c1cccc(Cl)c1. The standard InChI is InChI=1S/C24H19ClN2O4/c25-18-5-1-3-17(12-18)24(29)27-10-2-4-15-11-16(6-8-20(15)27)23(28)26-19-7-9-21-22(13-19)31-14-30-21/h1,3,5-9,11-13H,2,4,10,14H2,(H,26,28). The van der Waals surface area contributed by atoms with Crippen LogP contribution in [0.3, 0.4) is 0 Å². The molecule has 0 fully saturated rings. The largest absolute Gasteiger partial charge is 0.454 e. The van der Waals surface area contributed by atoms with Crippen molar-refractivity contribution >= 4 is 34.8 Å². The van der Waals surface area contributed by atoms with Crippen molar-refractivity contribution in [3.63, 3.8) is 0 Å². The van der Waals surface area contributed by atoms with Gasteiger partial charge in [-0.25, -0.2) is 0 Å². The van der Waals surface area contributed by atoms with Crippen molar-refractivity contribution < 1.29 is 19.1 Å². The molecule has 156 valence electrons. The van der Waals surface area contributed by atoms with E-state index in [0.717, 1.165) is 24.1 Å². The molecule has 3 aromatic rings. The number of nitrogens with one attached hydrogen (secondary N) is 1. The number of anilines is 2. The first-order chi connectivity index (χ1) is 15.1. The molecule has 1 N–H and O–H groups in total. The number of carbonyl (C=O) groups is 2. The Labute approximate surface area is 184 Å². The first-order valence-electron chi connectivity index (χ1n) is 10.00. The van der Waals surface area contributed by atoms with Crippen LogP contribution in [0.1, 0.15) is 32.7 Å². The highest BCUT2D eigenvalue weighted by Gasteiger charge is 2.25. The van der Waals surface area contributed by atoms with Crippen LogP contribution in [0.4, 0.5) is 11.4 Å². The van der Waals surface area contributed by atoms with Gasteiger partial charge in [-0.3, -0.25) is 9.59 Å². The fraction of sp³-hybridized carbons (Fsp3) is 0.167. The van der Waals surface area contributed by atoms with Gasteiger partial charge in [-0.15, -0.1) is 0 Å². The maximum absolute atomic E-state index is 13.0. The number of benzene rings is 3. The summed E-state index contributed by atoms with van der Waals surface area (Å²) in [5.41, 5.74) is 3.51. The zero-order valence-electron chi connectivity index (χ0n) is 16.6. The van der Waals surface area contributed by atoms with Gasteiger partial charge in [0.2, 0.25) is 6.79 Å². The molecule has 3 aromatic carbocycles. The van der Waals surface area contributed by atoms with Crippen LogP contribution < -0.4 is 19.7 Å². The third-order valence-electron chi connectivity index (χ3n) is 5.41. The Morgan fingerprint density at radius 3 is 2.68 bits per heavy atom. The minimum absolute atomic E-state index is 0.0963. The average Bonchev–Trinajstić information content (AvgIpc) is 3.25. The van der Waals surface area contributed by atoms with Crippen molar-refractivity contribution in [2.75, 3.05) is 23.6 Å². The van der Waals surface area contributed by atoms with Crippen molar-refractivity contribution in [2.45, 2.75) is 12.8 Å². The van der Waals surface area contributed by atoms with Gasteiger partial charge in [-0.05, 0) is 66.9 Å². The normalized spacial score (nSPS) is 14.2. The van der Waals surface area contributed by atoms with E-state index in [1.807, 2.05) is 12.1 Å². The Kier molecular flexibility index (Phi) is 5.00. The second-order valence-electron chi connectivity index (χ2n) is 7.44. The topological polar surface area (TPSA) is 67.9 Å². The molecule has 0 saturated heterocycles. The van der Waals surface area contributed by atoms with Crippen LogP contribution >= 0.6 is 11.6 Å². The summed E-state index contributed by atoms with van der Waals surface area (Å²) in [7, 11) is 0. The number of nitrogens with zero attached hydrogens (tertiary/aromatic N) is 1. The zero-order chi connectivity index (χ0) is 21.4. The molecule has 31 heavy (non-hydrogen) atoms. The number of aryl methyl sites for hydroxylation is 1. The molecule has 0 bridgehead atoms. The Hall–Kier alpha value is -3.51. The first kappa shape index (κ1) is 19.5. The van der Waals surface area contributed by atoms with Gasteiger partial charge in [0.15, 0.2) is 11.5 Å². The van der Waals surface area contributed by atoms with Crippen LogP contribution in [0.25, 0.3) is 0 Å². The molecule has 7 heteroatoms. The van der Waals surface area contributed by atoms with Gasteiger partial charge in [0.05, 0.1) is 0 Å². The predicted molar refractivity (Wildman–Crippen MR) is 118 cm³/mol. The maximum atomic E-state index is 13.0. The number of fused-ring (bicyclic) bond motifs is 2. The van der Waals surface area contributed by atoms with E-state index in [4.69, 9.17) is 21.1 Å². The van der Waals surface area contributed by atoms with Crippen LogP contribution in [-0.4, -0.2) is 25.2 Å². The molecule has 2 amide bonds. The number of hydrogen-bond donors (Lipinski definition) is 1. The van der Waals surface area contributed by atoms with Gasteiger partial charge < -0.3 is 19.7 Å². The van der Waals surface area contributed by atoms with E-state index in [9.17, 15) is 9.59 Å². The van der Waals surface area contributed by atoms with E-state index in [-0.39, 0.29) is 18.6 Å². The molecular formula is C24H19ClN2O4. The minimum atomic E-state index is -0.222. The number of carbonyl (C=O) groups excluding carboxylic acids is 2. The highest BCUT2D eigenvalue weighted by molar-refractivity contribution is 6.31. The first-order valence-corrected chi connectivity index (χ1v) is 10.4. The lowest BCUT2D eigenvalue weighted by Crippen LogP contribution is -2.35. The number of rotatable bonds is 3. The Bertz CT molecular complexity index is 1190. The van der Waals surface area contributed by atoms with Crippen LogP contribution in [-0.2, 0) is 6.42 Å². The van der Waals surface area contributed by atoms with E-state index < -0.39 is 0 Å². The fourth-order valence-corrected chi connectivity index (χ4v) is 4.09. The second-order valence-corrected chi connectivity index (χ2v) is 7.87. The molecule has 0 saturated carbocycles. The lowest BCUT2D eigenvalue weighted by atomic mass is 9.98. The van der Waals surface area contributed by atoms with Gasteiger partial charge in [0, 0.05) is 40.1 Å². The number of halogens is 1. The summed E-state index contributed by atoms with van der Waals surface area (Å²) >= 11 is 6.05. The van der Waals surface area contributed by atoms with E-state index in [2.05, 4.69) is 5.32 Å². The maximum Gasteiger partial charge on any atom is 0.258 e. The molecule has 2 aliphatic rings. The van der Waals surface area contributed by atoms with Gasteiger partial charge in [0.25, 0.3) is 11.8 Å². The Balaban J connectivity index is 1.37. The summed E-state index contributed by atoms with van der Waals surface area (Å²) < 4.78 is 10.7. The van der Waals surface area contributed by atoms with E-state index in [1.165, 1.54) is 0 Å². The molecule has 0 aliphatic carbocycles. The highest BCUT2D eigenvalue weighted by atomic mass is 35.5. The van der Waals surface area contributed by atoms with Crippen molar-refractivity contribution in [1.82, 2.24) is 0 Å². The molecule has 0 radical (unpaired) electrons. The van der Waals surface area contributed by atoms with Crippen molar-refractivity contribution in [3.8, 4) is 11.5 Å². The quantitative estimate of drug-likeness (QED) is 0.635. The van der Waals surface area contributed by atoms with Gasteiger partial charge >= 0.3 is 0 Å². The van der Waals surface area contributed by atoms with Crippen LogP contribution in [0.15, 0.2) is 60.7 Å². The molecule has 2 aliphatic heterocycles. The number of amides is 2. The number of hydrogen-bond acceptors (Lipinski definition) is 4. The molecule has 0 atom stereocenters. The third kappa shape index (κ3) is 3.82. The monoisotopic (exact) mass is 434 g/mol. The Morgan fingerprint density at radius 1 is 0.935 bits per heavy atom. The second kappa shape index (κ2) is 7.96. The summed E-state index contributed by atoms with van der Waals surface area (Å²) in [5.74, 6) is 0.954. The predicted octanol–water partition coefficient (Wildman–Crippen LogP) is 4.91. The summed E-state index contributed by atoms with van der Waals surface area (Å²) in [5, 5.41) is 3.42. The molecule has 0 unspecified atom stereocenters. The van der Waals surface area contributed by atoms with E-state index >= 15 is 0 Å². The molecule has 6 nitrogen and oxygen atoms in total. The molecular weight excluding hydrogens is 416 g/mol. The van der Waals surface area contributed by atoms with Crippen LogP contribution in [0.2, 0.25) is 5.02 Å². The molecule has 2 heterocycles. The Morgan fingerprint density at radius 2 is 1.81 bits per heavy atom. The van der Waals surface area contributed by atoms with E-state index in [1.54, 1.807) is 53.4 Å². The van der Waals surface area contributed by atoms with Gasteiger partial charge in [-0.2, -0.15) is 0 Å². The third-order valence-corrected chi connectivity index (χ3v) is 5.64. The summed E-state index contributed by atoms with van der Waals surface area (Å²) in [6.07, 6.45) is 1.63. The average molecular weight is 435 g/mol. The van der Waals surface area contributed by atoms with Crippen molar-refractivity contribution in [3.05, 3.63) is 82.4 Å². The van der Waals surface area contributed by atoms with Crippen LogP contribution in [0, 0.1) is 0 Å². The minimum Gasteiger partial charge on any atom is -0.454 e. The van der Waals surface area contributed by atoms with Gasteiger partial charge in [0.1, 0.15) is 0 Å². The summed E-state index contributed by atoms with van der Waals surface area (Å²) in [6, 6.07) is 17.7. The smallest absolute Gasteiger partial charge is 0.258 e. The summed E-state index contributed by atoms with van der Waals surface area (Å²) in [4.78, 5) is 27.6. The molecule has 5 rings (SSSR count). The summed E-state index contributed by atoms with van der Waals surface area (Å²) in [6.45, 7) is 0.809. The molecule has 0 aromatic heterocycles. The zero-order valence-corrected chi connectivity index (χ0v) is 17.3. The molecule has 0 spiro atoms. The van der Waals surface area contributed by atoms with Crippen LogP contribution in [0.5, 0.6) is 11.5 Å². The van der Waals surface area contributed by atoms with Crippen molar-refractivity contribution in [1.29, 1.82) is 0 Å².